The molecule has 6 aromatic rings. The Morgan fingerprint density at radius 3 is 2.25 bits per heavy atom. The number of imide groups is 2. The summed E-state index contributed by atoms with van der Waals surface area (Å²) in [6.07, 6.45) is 2.49. The van der Waals surface area contributed by atoms with E-state index in [1.807, 2.05) is 43.1 Å². The summed E-state index contributed by atoms with van der Waals surface area (Å²) in [5, 5.41) is 13.2. The lowest BCUT2D eigenvalue weighted by Crippen LogP contribution is -2.54. The van der Waals surface area contributed by atoms with Crippen LogP contribution in [0.3, 0.4) is 0 Å². The number of hydrogen-bond donors (Lipinski definition) is 3. The first-order valence-electron chi connectivity index (χ1n) is 23.3. The second-order valence-electron chi connectivity index (χ2n) is 17.1. The van der Waals surface area contributed by atoms with Crippen molar-refractivity contribution in [3.8, 4) is 22.4 Å². The van der Waals surface area contributed by atoms with E-state index in [-0.39, 0.29) is 29.9 Å². The molecule has 1 atom stereocenters. The predicted octanol–water partition coefficient (Wildman–Crippen LogP) is 5.49. The maximum atomic E-state index is 13.3. The molecule has 3 aliphatic rings. The number of ether oxygens (including phenoxy) is 3. The Morgan fingerprint density at radius 2 is 1.52 bits per heavy atom. The van der Waals surface area contributed by atoms with Crippen LogP contribution in [0.4, 0.5) is 17.2 Å². The number of hydrogen-bond acceptors (Lipinski definition) is 14. The van der Waals surface area contributed by atoms with Crippen molar-refractivity contribution >= 4 is 52.4 Å². The van der Waals surface area contributed by atoms with Gasteiger partial charge in [0.25, 0.3) is 11.8 Å². The molecule has 3 N–H and O–H groups in total. The minimum atomic E-state index is -1.02. The number of carbonyl (C=O) groups is 5. The second kappa shape index (κ2) is 21.3. The number of fused-ring (bicyclic) bond motifs is 2. The Bertz CT molecular complexity index is 2820. The molecular weight excluding hydrogens is 883 g/mol. The van der Waals surface area contributed by atoms with Crippen LogP contribution in [-0.2, 0) is 35.1 Å². The summed E-state index contributed by atoms with van der Waals surface area (Å²) in [4.78, 5) is 73.6. The predicted molar refractivity (Wildman–Crippen MR) is 257 cm³/mol. The summed E-state index contributed by atoms with van der Waals surface area (Å²) in [6, 6.07) is 26.8. The molecule has 0 bridgehead atoms. The minimum absolute atomic E-state index is 0.0566. The molecule has 1 unspecified atom stereocenters. The van der Waals surface area contributed by atoms with Crippen LogP contribution in [0.1, 0.15) is 57.0 Å². The summed E-state index contributed by atoms with van der Waals surface area (Å²) >= 11 is 0. The summed E-state index contributed by atoms with van der Waals surface area (Å²) in [7, 11) is 0. The van der Waals surface area contributed by atoms with E-state index >= 15 is 0 Å². The van der Waals surface area contributed by atoms with Crippen molar-refractivity contribution in [2.45, 2.75) is 45.7 Å². The van der Waals surface area contributed by atoms with Crippen LogP contribution in [0.25, 0.3) is 28.0 Å². The highest BCUT2D eigenvalue weighted by Gasteiger charge is 2.45. The van der Waals surface area contributed by atoms with Gasteiger partial charge in [-0.15, -0.1) is 0 Å². The van der Waals surface area contributed by atoms with Crippen molar-refractivity contribution in [2.24, 2.45) is 0 Å². The number of pyridine rings is 1. The van der Waals surface area contributed by atoms with E-state index in [1.54, 1.807) is 18.2 Å². The lowest BCUT2D eigenvalue weighted by atomic mass is 10.0. The van der Waals surface area contributed by atoms with Crippen molar-refractivity contribution < 1.29 is 42.7 Å². The van der Waals surface area contributed by atoms with Gasteiger partial charge >= 0.3 is 0 Å². The van der Waals surface area contributed by atoms with Gasteiger partial charge in [-0.25, -0.2) is 4.98 Å². The normalized spacial score (nSPS) is 16.1. The molecule has 3 aliphatic heterocycles. The number of carbonyl (C=O) groups excluding carboxylic acids is 5. The molecular formula is C51H55N9O9. The third-order valence-corrected chi connectivity index (χ3v) is 12.6. The van der Waals surface area contributed by atoms with Crippen molar-refractivity contribution in [2.75, 3.05) is 87.9 Å². The maximum Gasteiger partial charge on any atom is 0.264 e. The summed E-state index contributed by atoms with van der Waals surface area (Å²) in [6.45, 7) is 9.59. The van der Waals surface area contributed by atoms with Crippen molar-refractivity contribution in [1.82, 2.24) is 29.7 Å². The van der Waals surface area contributed by atoms with Gasteiger partial charge in [0, 0.05) is 74.4 Å². The number of aromatic nitrogens is 3. The highest BCUT2D eigenvalue weighted by Crippen LogP contribution is 2.35. The van der Waals surface area contributed by atoms with E-state index in [9.17, 15) is 24.0 Å². The van der Waals surface area contributed by atoms with Crippen LogP contribution in [0, 0.1) is 13.8 Å². The third-order valence-electron chi connectivity index (χ3n) is 12.6. The van der Waals surface area contributed by atoms with E-state index < -0.39 is 29.7 Å². The highest BCUT2D eigenvalue weighted by atomic mass is 16.5. The minimum Gasteiger partial charge on any atom is -0.382 e. The van der Waals surface area contributed by atoms with Gasteiger partial charge in [-0.2, -0.15) is 0 Å². The smallest absolute Gasteiger partial charge is 0.264 e. The number of piperidine rings is 1. The first kappa shape index (κ1) is 46.7. The number of imidazole rings is 1. The van der Waals surface area contributed by atoms with Gasteiger partial charge in [0.05, 0.1) is 62.9 Å². The number of aryl methyl sites for hydroxylation is 2. The zero-order valence-corrected chi connectivity index (χ0v) is 38.7. The monoisotopic (exact) mass is 937 g/mol. The average Bonchev–Trinajstić information content (AvgIpc) is 3.99. The Labute approximate surface area is 398 Å². The van der Waals surface area contributed by atoms with Crippen molar-refractivity contribution in [3.63, 3.8) is 0 Å². The summed E-state index contributed by atoms with van der Waals surface area (Å²) < 4.78 is 24.5. The van der Waals surface area contributed by atoms with Gasteiger partial charge in [0.15, 0.2) is 0 Å². The van der Waals surface area contributed by atoms with E-state index in [2.05, 4.69) is 78.9 Å². The fourth-order valence-electron chi connectivity index (χ4n) is 9.07. The molecule has 0 aliphatic carbocycles. The van der Waals surface area contributed by atoms with Crippen molar-refractivity contribution in [3.05, 3.63) is 119 Å². The molecule has 0 radical (unpaired) electrons. The van der Waals surface area contributed by atoms with Gasteiger partial charge in [-0.05, 0) is 67.8 Å². The quantitative estimate of drug-likeness (QED) is 0.0641. The molecule has 18 heteroatoms. The van der Waals surface area contributed by atoms with Gasteiger partial charge in [0.1, 0.15) is 29.0 Å². The largest absolute Gasteiger partial charge is 0.382 e. The number of rotatable bonds is 20. The standard InChI is InChI=1S/C51H55N9O9/c1-33-45(34(2)69-56-33)37-17-20-59-42(31-37)54-47(48(59)53-32-35-7-4-3-5-8-35)36-11-13-38(14-12-36)57-21-23-58(24-22-57)44(62)18-25-66-27-29-68-30-28-67-26-19-52-40-10-6-9-39-46(40)51(65)60(50(39)64)41-15-16-43(61)55-49(41)63/h3-14,17,20,31,41,52-53H,15-16,18-19,21-30,32H2,1-2H3,(H,55,61,63). The lowest BCUT2D eigenvalue weighted by molar-refractivity contribution is -0.136. The van der Waals surface area contributed by atoms with E-state index in [4.69, 9.17) is 23.7 Å². The number of amides is 5. The molecule has 2 fully saturated rings. The molecule has 3 aromatic carbocycles. The molecule has 0 saturated carbocycles. The van der Waals surface area contributed by atoms with Crippen LogP contribution in [-0.4, -0.2) is 132 Å². The molecule has 2 saturated heterocycles. The Morgan fingerprint density at radius 1 is 0.783 bits per heavy atom. The van der Waals surface area contributed by atoms with E-state index in [0.717, 1.165) is 69.0 Å². The van der Waals surface area contributed by atoms with Gasteiger partial charge in [-0.1, -0.05) is 53.7 Å². The molecule has 6 heterocycles. The molecule has 358 valence electrons. The summed E-state index contributed by atoms with van der Waals surface area (Å²) in [5.74, 6) is -0.458. The van der Waals surface area contributed by atoms with Gasteiger partial charge in [0.2, 0.25) is 17.7 Å². The number of anilines is 3. The Balaban J connectivity index is 0.669. The molecule has 69 heavy (non-hydrogen) atoms. The van der Waals surface area contributed by atoms with Gasteiger partial charge < -0.3 is 39.2 Å². The Hall–Kier alpha value is -7.41. The fraction of sp³-hybridized carbons (Fsp3) is 0.353. The van der Waals surface area contributed by atoms with Crippen LogP contribution in [0.5, 0.6) is 0 Å². The fourth-order valence-corrected chi connectivity index (χ4v) is 9.07. The second-order valence-corrected chi connectivity index (χ2v) is 17.1. The number of benzene rings is 3. The first-order valence-corrected chi connectivity index (χ1v) is 23.3. The number of nitrogens with one attached hydrogen (secondary N) is 3. The van der Waals surface area contributed by atoms with Crippen LogP contribution in [0.15, 0.2) is 95.6 Å². The molecule has 18 nitrogen and oxygen atoms in total. The summed E-state index contributed by atoms with van der Waals surface area (Å²) in [5.41, 5.74) is 8.61. The van der Waals surface area contributed by atoms with Crippen LogP contribution in [0.2, 0.25) is 0 Å². The van der Waals surface area contributed by atoms with E-state index in [1.165, 1.54) is 5.56 Å². The molecule has 9 rings (SSSR count). The molecule has 3 aromatic heterocycles. The zero-order valence-electron chi connectivity index (χ0n) is 38.7. The van der Waals surface area contributed by atoms with Crippen molar-refractivity contribution in [1.29, 1.82) is 0 Å². The van der Waals surface area contributed by atoms with Gasteiger partial charge in [-0.3, -0.25) is 38.6 Å². The topological polar surface area (TPSA) is 202 Å². The van der Waals surface area contributed by atoms with Crippen LogP contribution < -0.4 is 20.9 Å². The lowest BCUT2D eigenvalue weighted by Gasteiger charge is -2.36. The SMILES string of the molecule is Cc1noc(C)c1-c1ccn2c(NCc3ccccc3)c(-c3ccc(N4CCN(C(=O)CCOCCOCCOCCNc5cccc6c5C(=O)N(C5CCC(=O)NC5=O)C6=O)CC4)cc3)nc2c1. The number of nitrogens with zero attached hydrogens (tertiary/aromatic N) is 6. The maximum absolute atomic E-state index is 13.3. The molecule has 5 amide bonds. The zero-order chi connectivity index (χ0) is 47.9. The van der Waals surface area contributed by atoms with E-state index in [0.29, 0.717) is 77.9 Å². The van der Waals surface area contributed by atoms with Crippen LogP contribution >= 0.6 is 0 Å². The first-order chi connectivity index (χ1) is 33.6. The molecule has 0 spiro atoms. The average molecular weight is 938 g/mol. The third kappa shape index (κ3) is 10.4. The number of piperazine rings is 1. The Kier molecular flexibility index (Phi) is 14.4. The highest BCUT2D eigenvalue weighted by molar-refractivity contribution is 6.25.